The van der Waals surface area contributed by atoms with Gasteiger partial charge in [0.15, 0.2) is 0 Å². The Balaban J connectivity index is 2.39. The van der Waals surface area contributed by atoms with Gasteiger partial charge in [0.1, 0.15) is 5.82 Å². The second-order valence-corrected chi connectivity index (χ2v) is 4.29. The molecule has 0 aliphatic heterocycles. The largest absolute Gasteiger partial charge is 0.321 e. The molecule has 2 aromatic rings. The van der Waals surface area contributed by atoms with E-state index in [1.165, 1.54) is 11.3 Å². The van der Waals surface area contributed by atoms with Crippen molar-refractivity contribution in [1.82, 2.24) is 0 Å². The first-order valence-electron chi connectivity index (χ1n) is 4.96. The molecule has 0 atom stereocenters. The number of carbonyl (C=O) groups excluding carboxylic acids is 1. The maximum Gasteiger partial charge on any atom is 0.308 e. The summed E-state index contributed by atoms with van der Waals surface area (Å²) in [6.07, 6.45) is 0. The lowest BCUT2D eigenvalue weighted by molar-refractivity contribution is -0.387. The van der Waals surface area contributed by atoms with Gasteiger partial charge in [0, 0.05) is 5.38 Å². The van der Waals surface area contributed by atoms with Crippen LogP contribution in [0.15, 0.2) is 29.0 Å². The fourth-order valence-corrected chi connectivity index (χ4v) is 1.99. The molecule has 0 fully saturated rings. The summed E-state index contributed by atoms with van der Waals surface area (Å²) >= 11 is 1.30. The standard InChI is InChI=1S/C11H6F2N2O3S/c12-6-3-8(10(13)9(4-6)15(17)18)11(16)14-7-1-2-19-5-7/h1-5H,(H,14,16). The van der Waals surface area contributed by atoms with E-state index in [2.05, 4.69) is 5.32 Å². The average Bonchev–Trinajstić information content (AvgIpc) is 2.84. The van der Waals surface area contributed by atoms with Gasteiger partial charge in [0.2, 0.25) is 5.82 Å². The number of benzene rings is 1. The molecule has 0 spiro atoms. The number of halogens is 2. The third-order valence-corrected chi connectivity index (χ3v) is 2.92. The van der Waals surface area contributed by atoms with Crippen LogP contribution in [0.1, 0.15) is 10.4 Å². The van der Waals surface area contributed by atoms with Gasteiger partial charge in [-0.2, -0.15) is 15.7 Å². The molecular formula is C11H6F2N2O3S. The molecule has 1 aromatic heterocycles. The second kappa shape index (κ2) is 5.11. The van der Waals surface area contributed by atoms with Crippen LogP contribution in [0.5, 0.6) is 0 Å². The van der Waals surface area contributed by atoms with E-state index < -0.39 is 33.7 Å². The van der Waals surface area contributed by atoms with E-state index in [-0.39, 0.29) is 0 Å². The molecule has 0 radical (unpaired) electrons. The van der Waals surface area contributed by atoms with Gasteiger partial charge in [-0.3, -0.25) is 14.9 Å². The number of nitrogens with one attached hydrogen (secondary N) is 1. The predicted molar refractivity (Wildman–Crippen MR) is 65.3 cm³/mol. The quantitative estimate of drug-likeness (QED) is 0.695. The van der Waals surface area contributed by atoms with E-state index in [0.717, 1.165) is 0 Å². The van der Waals surface area contributed by atoms with Crippen molar-refractivity contribution in [3.63, 3.8) is 0 Å². The molecule has 0 saturated heterocycles. The van der Waals surface area contributed by atoms with Crippen LogP contribution in [0.3, 0.4) is 0 Å². The van der Waals surface area contributed by atoms with E-state index in [9.17, 15) is 23.7 Å². The first-order valence-corrected chi connectivity index (χ1v) is 5.90. The lowest BCUT2D eigenvalue weighted by Crippen LogP contribution is -2.14. The molecule has 0 bridgehead atoms. The number of nitro benzene ring substituents is 1. The van der Waals surface area contributed by atoms with E-state index in [4.69, 9.17) is 0 Å². The van der Waals surface area contributed by atoms with Crippen LogP contribution in [0.4, 0.5) is 20.2 Å². The van der Waals surface area contributed by atoms with Crippen LogP contribution in [-0.4, -0.2) is 10.8 Å². The number of thiophene rings is 1. The molecule has 1 amide bonds. The molecule has 1 N–H and O–H groups in total. The zero-order valence-corrected chi connectivity index (χ0v) is 10.0. The number of rotatable bonds is 3. The van der Waals surface area contributed by atoms with Gasteiger partial charge in [-0.15, -0.1) is 0 Å². The van der Waals surface area contributed by atoms with Gasteiger partial charge < -0.3 is 5.32 Å². The van der Waals surface area contributed by atoms with Crippen LogP contribution < -0.4 is 5.32 Å². The number of nitro groups is 1. The third-order valence-electron chi connectivity index (χ3n) is 2.24. The van der Waals surface area contributed by atoms with E-state index in [0.29, 0.717) is 17.8 Å². The minimum atomic E-state index is -1.36. The van der Waals surface area contributed by atoms with Gasteiger partial charge >= 0.3 is 5.69 Å². The fourth-order valence-electron chi connectivity index (χ4n) is 1.41. The van der Waals surface area contributed by atoms with Gasteiger partial charge in [0.05, 0.1) is 22.2 Å². The van der Waals surface area contributed by atoms with Crippen molar-refractivity contribution in [2.45, 2.75) is 0 Å². The highest BCUT2D eigenvalue weighted by Gasteiger charge is 2.24. The molecule has 98 valence electrons. The first kappa shape index (κ1) is 13.1. The molecule has 2 rings (SSSR count). The van der Waals surface area contributed by atoms with E-state index in [1.807, 2.05) is 0 Å². The Hall–Kier alpha value is -2.35. The molecule has 8 heteroatoms. The van der Waals surface area contributed by atoms with Crippen molar-refractivity contribution in [3.8, 4) is 0 Å². The summed E-state index contributed by atoms with van der Waals surface area (Å²) in [5, 5.41) is 16.1. The summed E-state index contributed by atoms with van der Waals surface area (Å²) in [6.45, 7) is 0. The maximum absolute atomic E-state index is 13.7. The van der Waals surface area contributed by atoms with Crippen LogP contribution in [0, 0.1) is 21.7 Å². The highest BCUT2D eigenvalue weighted by molar-refractivity contribution is 7.08. The van der Waals surface area contributed by atoms with Crippen molar-refractivity contribution >= 4 is 28.6 Å². The molecule has 5 nitrogen and oxygen atoms in total. The number of hydrogen-bond donors (Lipinski definition) is 1. The lowest BCUT2D eigenvalue weighted by Gasteiger charge is -2.04. The van der Waals surface area contributed by atoms with Gasteiger partial charge in [-0.25, -0.2) is 4.39 Å². The minimum Gasteiger partial charge on any atom is -0.321 e. The molecular weight excluding hydrogens is 278 g/mol. The Kier molecular flexibility index (Phi) is 3.52. The molecule has 0 saturated carbocycles. The van der Waals surface area contributed by atoms with Crippen LogP contribution in [0.25, 0.3) is 0 Å². The summed E-state index contributed by atoms with van der Waals surface area (Å²) in [5.74, 6) is -3.36. The highest BCUT2D eigenvalue weighted by Crippen LogP contribution is 2.23. The Labute approximate surface area is 109 Å². The Morgan fingerprint density at radius 1 is 1.37 bits per heavy atom. The maximum atomic E-state index is 13.7. The summed E-state index contributed by atoms with van der Waals surface area (Å²) < 4.78 is 26.9. The molecule has 19 heavy (non-hydrogen) atoms. The summed E-state index contributed by atoms with van der Waals surface area (Å²) in [7, 11) is 0. The Morgan fingerprint density at radius 3 is 2.68 bits per heavy atom. The topological polar surface area (TPSA) is 72.2 Å². The normalized spacial score (nSPS) is 10.2. The predicted octanol–water partition coefficient (Wildman–Crippen LogP) is 3.19. The lowest BCUT2D eigenvalue weighted by atomic mass is 10.1. The van der Waals surface area contributed by atoms with Crippen molar-refractivity contribution in [3.05, 3.63) is 56.3 Å². The number of anilines is 1. The molecule has 1 heterocycles. The van der Waals surface area contributed by atoms with Crippen molar-refractivity contribution in [2.24, 2.45) is 0 Å². The van der Waals surface area contributed by atoms with Crippen molar-refractivity contribution in [1.29, 1.82) is 0 Å². The smallest absolute Gasteiger partial charge is 0.308 e. The third kappa shape index (κ3) is 2.74. The van der Waals surface area contributed by atoms with Crippen LogP contribution in [-0.2, 0) is 0 Å². The number of nitrogens with zero attached hydrogens (tertiary/aromatic N) is 1. The van der Waals surface area contributed by atoms with Crippen LogP contribution >= 0.6 is 11.3 Å². The SMILES string of the molecule is O=C(Nc1ccsc1)c1cc(F)cc([N+](=O)[O-])c1F. The van der Waals surface area contributed by atoms with Crippen molar-refractivity contribution < 1.29 is 18.5 Å². The van der Waals surface area contributed by atoms with E-state index >= 15 is 0 Å². The number of hydrogen-bond acceptors (Lipinski definition) is 4. The zero-order valence-electron chi connectivity index (χ0n) is 9.22. The van der Waals surface area contributed by atoms with E-state index in [1.54, 1.807) is 16.8 Å². The minimum absolute atomic E-state index is 0.404. The summed E-state index contributed by atoms with van der Waals surface area (Å²) in [6, 6.07) is 2.61. The molecule has 0 aliphatic rings. The molecule has 0 aliphatic carbocycles. The summed E-state index contributed by atoms with van der Waals surface area (Å²) in [4.78, 5) is 21.2. The summed E-state index contributed by atoms with van der Waals surface area (Å²) in [5.41, 5.74) is -1.38. The monoisotopic (exact) mass is 284 g/mol. The number of amides is 1. The van der Waals surface area contributed by atoms with Crippen molar-refractivity contribution in [2.75, 3.05) is 5.32 Å². The number of carbonyl (C=O) groups is 1. The van der Waals surface area contributed by atoms with Gasteiger partial charge in [-0.1, -0.05) is 0 Å². The Bertz CT molecular complexity index is 644. The van der Waals surface area contributed by atoms with Gasteiger partial charge in [0.25, 0.3) is 5.91 Å². The van der Waals surface area contributed by atoms with Gasteiger partial charge in [-0.05, 0) is 17.5 Å². The highest BCUT2D eigenvalue weighted by atomic mass is 32.1. The van der Waals surface area contributed by atoms with Crippen LogP contribution in [0.2, 0.25) is 0 Å². The fraction of sp³-hybridized carbons (Fsp3) is 0. The second-order valence-electron chi connectivity index (χ2n) is 3.51. The zero-order chi connectivity index (χ0) is 14.0. The molecule has 1 aromatic carbocycles. The first-order chi connectivity index (χ1) is 8.99. The molecule has 0 unspecified atom stereocenters. The average molecular weight is 284 g/mol. The Morgan fingerprint density at radius 2 is 2.11 bits per heavy atom.